The number of benzene rings is 1. The van der Waals surface area contributed by atoms with Crippen LogP contribution >= 0.6 is 0 Å². The molecule has 0 bridgehead atoms. The summed E-state index contributed by atoms with van der Waals surface area (Å²) >= 11 is 0. The molecule has 0 atom stereocenters. The Morgan fingerprint density at radius 3 is 2.70 bits per heavy atom. The minimum absolute atomic E-state index is 0.00713. The van der Waals surface area contributed by atoms with Crippen molar-refractivity contribution >= 4 is 16.9 Å². The summed E-state index contributed by atoms with van der Waals surface area (Å²) in [7, 11) is 0. The Labute approximate surface area is 112 Å². The van der Waals surface area contributed by atoms with Gasteiger partial charge in [-0.25, -0.2) is 4.98 Å². The smallest absolute Gasteiger partial charge is 0.395 e. The Kier molecular flexibility index (Phi) is 3.93. The summed E-state index contributed by atoms with van der Waals surface area (Å²) in [5.41, 5.74) is 0.411. The highest BCUT2D eigenvalue weighted by atomic mass is 19.4. The van der Waals surface area contributed by atoms with E-state index in [4.69, 9.17) is 5.11 Å². The van der Waals surface area contributed by atoms with Gasteiger partial charge in [-0.2, -0.15) is 13.2 Å². The molecule has 0 radical (unpaired) electrons. The Hall–Kier alpha value is -2.09. The van der Waals surface area contributed by atoms with Crippen LogP contribution in [-0.4, -0.2) is 33.7 Å². The van der Waals surface area contributed by atoms with Crippen molar-refractivity contribution in [2.45, 2.75) is 12.7 Å². The predicted octanol–water partition coefficient (Wildman–Crippen LogP) is 1.16. The summed E-state index contributed by atoms with van der Waals surface area (Å²) < 4.78 is 39.6. The number of aliphatic hydroxyl groups is 1. The van der Waals surface area contributed by atoms with Gasteiger partial charge in [0.1, 0.15) is 6.54 Å². The molecule has 0 saturated carbocycles. The molecule has 1 aromatic carbocycles. The molecule has 1 heterocycles. The van der Waals surface area contributed by atoms with Crippen LogP contribution < -0.4 is 5.32 Å². The van der Waals surface area contributed by atoms with E-state index in [1.165, 1.54) is 12.1 Å². The number of nitrogens with one attached hydrogen (secondary N) is 1. The van der Waals surface area contributed by atoms with Crippen molar-refractivity contribution in [3.8, 4) is 0 Å². The van der Waals surface area contributed by atoms with Crippen molar-refractivity contribution in [1.82, 2.24) is 14.9 Å². The first-order valence-corrected chi connectivity index (χ1v) is 5.83. The molecule has 1 aromatic heterocycles. The molecule has 8 heteroatoms. The first kappa shape index (κ1) is 14.3. The fraction of sp³-hybridized carbons (Fsp3) is 0.333. The number of aliphatic hydroxyl groups excluding tert-OH is 1. The van der Waals surface area contributed by atoms with Crippen LogP contribution in [0.3, 0.4) is 0 Å². The quantitative estimate of drug-likeness (QED) is 0.887. The van der Waals surface area contributed by atoms with Crippen LogP contribution in [0, 0.1) is 0 Å². The number of hydrogen-bond acceptors (Lipinski definition) is 3. The molecule has 0 unspecified atom stereocenters. The van der Waals surface area contributed by atoms with E-state index in [0.29, 0.717) is 0 Å². The number of rotatable bonds is 4. The molecular weight excluding hydrogens is 275 g/mol. The minimum atomic E-state index is -4.64. The zero-order valence-corrected chi connectivity index (χ0v) is 10.3. The molecule has 0 aliphatic rings. The summed E-state index contributed by atoms with van der Waals surface area (Å²) in [5.74, 6) is -1.73. The number of carbonyl (C=O) groups is 1. The van der Waals surface area contributed by atoms with Crippen molar-refractivity contribution in [2.75, 3.05) is 13.2 Å². The van der Waals surface area contributed by atoms with Crippen molar-refractivity contribution < 1.29 is 23.1 Å². The molecule has 2 aromatic rings. The average molecular weight is 287 g/mol. The van der Waals surface area contributed by atoms with Crippen LogP contribution in [-0.2, 0) is 17.5 Å². The minimum Gasteiger partial charge on any atom is -0.395 e. The molecule has 1 amide bonds. The molecule has 0 aliphatic heterocycles. The molecule has 20 heavy (non-hydrogen) atoms. The standard InChI is InChI=1S/C12H12F3N3O2/c13-12(14,15)11-17-8-3-1-2-4-9(8)18(11)7-10(20)16-5-6-19/h1-4,19H,5-7H2,(H,16,20). The van der Waals surface area contributed by atoms with Gasteiger partial charge in [0.05, 0.1) is 17.6 Å². The lowest BCUT2D eigenvalue weighted by Gasteiger charge is -2.11. The van der Waals surface area contributed by atoms with Gasteiger partial charge in [-0.3, -0.25) is 4.79 Å². The second kappa shape index (κ2) is 5.49. The normalized spacial score (nSPS) is 11.8. The van der Waals surface area contributed by atoms with Gasteiger partial charge in [-0.1, -0.05) is 12.1 Å². The SMILES string of the molecule is O=C(Cn1c(C(F)(F)F)nc2ccccc21)NCCO. The third-order valence-electron chi connectivity index (χ3n) is 2.64. The van der Waals surface area contributed by atoms with E-state index in [0.717, 1.165) is 4.57 Å². The van der Waals surface area contributed by atoms with Gasteiger partial charge in [-0.05, 0) is 12.1 Å². The lowest BCUT2D eigenvalue weighted by atomic mass is 10.3. The number of alkyl halides is 3. The fourth-order valence-corrected chi connectivity index (χ4v) is 1.85. The largest absolute Gasteiger partial charge is 0.449 e. The van der Waals surface area contributed by atoms with Crippen LogP contribution in [0.1, 0.15) is 5.82 Å². The second-order valence-electron chi connectivity index (χ2n) is 4.08. The number of hydrogen-bond donors (Lipinski definition) is 2. The Morgan fingerprint density at radius 1 is 1.35 bits per heavy atom. The van der Waals surface area contributed by atoms with Crippen LogP contribution in [0.2, 0.25) is 0 Å². The van der Waals surface area contributed by atoms with Crippen molar-refractivity contribution in [2.24, 2.45) is 0 Å². The van der Waals surface area contributed by atoms with Gasteiger partial charge in [0.25, 0.3) is 0 Å². The zero-order valence-electron chi connectivity index (χ0n) is 10.3. The Balaban J connectivity index is 2.41. The van der Waals surface area contributed by atoms with Gasteiger partial charge in [0.2, 0.25) is 11.7 Å². The van der Waals surface area contributed by atoms with Crippen molar-refractivity contribution in [3.63, 3.8) is 0 Å². The monoisotopic (exact) mass is 287 g/mol. The number of aromatic nitrogens is 2. The number of halogens is 3. The summed E-state index contributed by atoms with van der Waals surface area (Å²) in [4.78, 5) is 15.1. The maximum Gasteiger partial charge on any atom is 0.449 e. The number of imidazole rings is 1. The maximum absolute atomic E-state index is 12.9. The first-order chi connectivity index (χ1) is 9.43. The van der Waals surface area contributed by atoms with Gasteiger partial charge in [-0.15, -0.1) is 0 Å². The maximum atomic E-state index is 12.9. The van der Waals surface area contributed by atoms with E-state index in [1.54, 1.807) is 12.1 Å². The van der Waals surface area contributed by atoms with Crippen molar-refractivity contribution in [3.05, 3.63) is 30.1 Å². The molecular formula is C12H12F3N3O2. The lowest BCUT2D eigenvalue weighted by molar-refractivity contribution is -0.147. The molecule has 0 aliphatic carbocycles. The van der Waals surface area contributed by atoms with Gasteiger partial charge >= 0.3 is 6.18 Å². The van der Waals surface area contributed by atoms with Crippen molar-refractivity contribution in [1.29, 1.82) is 0 Å². The third kappa shape index (κ3) is 2.90. The highest BCUT2D eigenvalue weighted by Gasteiger charge is 2.37. The van der Waals surface area contributed by atoms with Crippen LogP contribution in [0.4, 0.5) is 13.2 Å². The molecule has 108 valence electrons. The van der Waals surface area contributed by atoms with Crippen LogP contribution in [0.15, 0.2) is 24.3 Å². The third-order valence-corrected chi connectivity index (χ3v) is 2.64. The van der Waals surface area contributed by atoms with E-state index in [9.17, 15) is 18.0 Å². The molecule has 5 nitrogen and oxygen atoms in total. The topological polar surface area (TPSA) is 67.2 Å². The molecule has 0 saturated heterocycles. The van der Waals surface area contributed by atoms with E-state index < -0.39 is 24.5 Å². The van der Waals surface area contributed by atoms with E-state index >= 15 is 0 Å². The summed E-state index contributed by atoms with van der Waals surface area (Å²) in [6.45, 7) is -0.787. The zero-order chi connectivity index (χ0) is 14.8. The number of fused-ring (bicyclic) bond motifs is 1. The number of para-hydroxylation sites is 2. The van der Waals surface area contributed by atoms with Gasteiger partial charge in [0, 0.05) is 6.54 Å². The predicted molar refractivity (Wildman–Crippen MR) is 64.8 cm³/mol. The highest BCUT2D eigenvalue weighted by molar-refractivity contribution is 5.81. The highest BCUT2D eigenvalue weighted by Crippen LogP contribution is 2.31. The van der Waals surface area contributed by atoms with Gasteiger partial charge in [0.15, 0.2) is 0 Å². The Morgan fingerprint density at radius 2 is 2.05 bits per heavy atom. The molecule has 2 N–H and O–H groups in total. The number of nitrogens with zero attached hydrogens (tertiary/aromatic N) is 2. The summed E-state index contributed by atoms with van der Waals surface area (Å²) in [6.07, 6.45) is -4.64. The van der Waals surface area contributed by atoms with E-state index in [1.807, 2.05) is 0 Å². The van der Waals surface area contributed by atoms with E-state index in [-0.39, 0.29) is 24.2 Å². The summed E-state index contributed by atoms with van der Waals surface area (Å²) in [5, 5.41) is 10.9. The number of amides is 1. The second-order valence-corrected chi connectivity index (χ2v) is 4.08. The lowest BCUT2D eigenvalue weighted by Crippen LogP contribution is -2.31. The average Bonchev–Trinajstić information content (AvgIpc) is 2.75. The number of carbonyl (C=O) groups excluding carboxylic acids is 1. The molecule has 0 fully saturated rings. The van der Waals surface area contributed by atoms with Gasteiger partial charge < -0.3 is 15.0 Å². The molecule has 0 spiro atoms. The van der Waals surface area contributed by atoms with E-state index in [2.05, 4.69) is 10.3 Å². The summed E-state index contributed by atoms with van der Waals surface area (Å²) in [6, 6.07) is 6.07. The fourth-order valence-electron chi connectivity index (χ4n) is 1.85. The van der Waals surface area contributed by atoms with Crippen LogP contribution in [0.5, 0.6) is 0 Å². The van der Waals surface area contributed by atoms with Crippen LogP contribution in [0.25, 0.3) is 11.0 Å². The molecule has 2 rings (SSSR count). The first-order valence-electron chi connectivity index (χ1n) is 5.83. The Bertz CT molecular complexity index is 622.